The SMILES string of the molecule is CCCCCCCCC=CCCCCCCCCOC(=O)c1c(C(=O)CC(=O)c2ccccc2)ccc(OC)c1OC. The zero-order chi connectivity index (χ0) is 30.4. The standard InChI is InChI=1S/C36H50O6/c1-4-5-6-7-8-9-10-11-12-13-14-15-16-17-18-22-27-42-36(39)34-30(25-26-33(40-2)35(34)41-3)32(38)28-31(37)29-23-20-19-21-24-29/h11-12,19-21,23-26H,4-10,13-18,22,27-28H2,1-3H3. The summed E-state index contributed by atoms with van der Waals surface area (Å²) in [6.45, 7) is 2.50. The van der Waals surface area contributed by atoms with Gasteiger partial charge in [-0.15, -0.1) is 0 Å². The van der Waals surface area contributed by atoms with E-state index in [9.17, 15) is 14.4 Å². The zero-order valence-corrected chi connectivity index (χ0v) is 26.0. The number of ether oxygens (including phenoxy) is 3. The van der Waals surface area contributed by atoms with Gasteiger partial charge in [0.05, 0.1) is 27.2 Å². The predicted octanol–water partition coefficient (Wildman–Crippen LogP) is 9.35. The van der Waals surface area contributed by atoms with Crippen molar-refractivity contribution in [2.45, 2.75) is 103 Å². The fourth-order valence-corrected chi connectivity index (χ4v) is 4.92. The highest BCUT2D eigenvalue weighted by Gasteiger charge is 2.27. The van der Waals surface area contributed by atoms with E-state index in [1.54, 1.807) is 36.4 Å². The number of Topliss-reactive ketones (excluding diaryl/α,β-unsaturated/α-hetero) is 2. The van der Waals surface area contributed by atoms with Gasteiger partial charge in [0, 0.05) is 11.1 Å². The van der Waals surface area contributed by atoms with E-state index in [1.807, 2.05) is 0 Å². The van der Waals surface area contributed by atoms with Gasteiger partial charge in [-0.05, 0) is 44.2 Å². The number of esters is 1. The minimum absolute atomic E-state index is 0.00717. The van der Waals surface area contributed by atoms with Crippen molar-refractivity contribution in [2.75, 3.05) is 20.8 Å². The van der Waals surface area contributed by atoms with Crippen molar-refractivity contribution in [3.8, 4) is 11.5 Å². The smallest absolute Gasteiger partial charge is 0.342 e. The summed E-state index contributed by atoms with van der Waals surface area (Å²) in [5.74, 6) is -1.02. The van der Waals surface area contributed by atoms with Gasteiger partial charge in [-0.25, -0.2) is 4.79 Å². The average molecular weight is 579 g/mol. The average Bonchev–Trinajstić information content (AvgIpc) is 3.01. The molecule has 0 radical (unpaired) electrons. The van der Waals surface area contributed by atoms with Gasteiger partial charge in [-0.3, -0.25) is 9.59 Å². The lowest BCUT2D eigenvalue weighted by molar-refractivity contribution is 0.0489. The predicted molar refractivity (Wildman–Crippen MR) is 169 cm³/mol. The van der Waals surface area contributed by atoms with Crippen LogP contribution in [0.4, 0.5) is 0 Å². The fourth-order valence-electron chi connectivity index (χ4n) is 4.92. The lowest BCUT2D eigenvalue weighted by Crippen LogP contribution is -2.17. The number of methoxy groups -OCH3 is 2. The van der Waals surface area contributed by atoms with Gasteiger partial charge in [-0.2, -0.15) is 0 Å². The first-order chi connectivity index (χ1) is 20.5. The third-order valence-corrected chi connectivity index (χ3v) is 7.36. The summed E-state index contributed by atoms with van der Waals surface area (Å²) < 4.78 is 16.3. The van der Waals surface area contributed by atoms with Crippen molar-refractivity contribution in [3.05, 3.63) is 71.3 Å². The Kier molecular flexibility index (Phi) is 17.7. The highest BCUT2D eigenvalue weighted by atomic mass is 16.5. The van der Waals surface area contributed by atoms with E-state index in [2.05, 4.69) is 19.1 Å². The Morgan fingerprint density at radius 2 is 1.26 bits per heavy atom. The fraction of sp³-hybridized carbons (Fsp3) is 0.528. The Morgan fingerprint density at radius 3 is 1.86 bits per heavy atom. The third-order valence-electron chi connectivity index (χ3n) is 7.36. The van der Waals surface area contributed by atoms with Gasteiger partial charge >= 0.3 is 5.97 Å². The molecule has 2 aromatic rings. The molecule has 0 saturated carbocycles. The largest absolute Gasteiger partial charge is 0.493 e. The summed E-state index contributed by atoms with van der Waals surface area (Å²) in [6.07, 6.45) is 21.1. The van der Waals surface area contributed by atoms with Crippen LogP contribution in [0.5, 0.6) is 11.5 Å². The number of rotatable bonds is 23. The number of benzene rings is 2. The van der Waals surface area contributed by atoms with E-state index in [0.717, 1.165) is 32.1 Å². The molecule has 42 heavy (non-hydrogen) atoms. The number of allylic oxidation sites excluding steroid dienone is 2. The highest BCUT2D eigenvalue weighted by Crippen LogP contribution is 2.35. The van der Waals surface area contributed by atoms with Crippen LogP contribution in [0.1, 0.15) is 134 Å². The van der Waals surface area contributed by atoms with Crippen LogP contribution < -0.4 is 9.47 Å². The molecule has 0 aliphatic rings. The van der Waals surface area contributed by atoms with Crippen LogP contribution in [0.3, 0.4) is 0 Å². The summed E-state index contributed by atoms with van der Waals surface area (Å²) >= 11 is 0. The number of hydrogen-bond acceptors (Lipinski definition) is 6. The lowest BCUT2D eigenvalue weighted by atomic mass is 9.96. The second-order valence-electron chi connectivity index (χ2n) is 10.7. The number of ketones is 2. The summed E-state index contributed by atoms with van der Waals surface area (Å²) in [5.41, 5.74) is 0.519. The lowest BCUT2D eigenvalue weighted by Gasteiger charge is -2.16. The molecule has 2 rings (SSSR count). The molecule has 0 N–H and O–H groups in total. The first kappa shape index (κ1) is 34.8. The molecule has 0 aromatic heterocycles. The highest BCUT2D eigenvalue weighted by molar-refractivity contribution is 6.17. The first-order valence-electron chi connectivity index (χ1n) is 15.7. The molecule has 2 aromatic carbocycles. The van der Waals surface area contributed by atoms with E-state index in [-0.39, 0.29) is 35.7 Å². The van der Waals surface area contributed by atoms with Crippen LogP contribution in [0.2, 0.25) is 0 Å². The maximum absolute atomic E-state index is 13.1. The van der Waals surface area contributed by atoms with Gasteiger partial charge in [0.1, 0.15) is 5.56 Å². The summed E-state index contributed by atoms with van der Waals surface area (Å²) in [6, 6.07) is 11.7. The molecule has 0 unspecified atom stereocenters. The van der Waals surface area contributed by atoms with Crippen molar-refractivity contribution in [1.29, 1.82) is 0 Å². The second-order valence-corrected chi connectivity index (χ2v) is 10.7. The molecule has 6 heteroatoms. The summed E-state index contributed by atoms with van der Waals surface area (Å²) in [5, 5.41) is 0. The molecule has 0 fully saturated rings. The maximum atomic E-state index is 13.1. The van der Waals surface area contributed by atoms with E-state index in [1.165, 1.54) is 78.1 Å². The van der Waals surface area contributed by atoms with Crippen molar-refractivity contribution < 1.29 is 28.6 Å². The molecular formula is C36H50O6. The molecule has 0 saturated heterocycles. The van der Waals surface area contributed by atoms with E-state index in [0.29, 0.717) is 11.3 Å². The zero-order valence-electron chi connectivity index (χ0n) is 26.0. The first-order valence-corrected chi connectivity index (χ1v) is 15.7. The molecule has 230 valence electrons. The van der Waals surface area contributed by atoms with Gasteiger partial charge in [0.25, 0.3) is 0 Å². The normalized spacial score (nSPS) is 11.0. The Labute approximate surface area is 252 Å². The number of carbonyl (C=O) groups excluding carboxylic acids is 3. The molecule has 0 spiro atoms. The van der Waals surface area contributed by atoms with Crippen LogP contribution >= 0.6 is 0 Å². The topological polar surface area (TPSA) is 78.9 Å². The van der Waals surface area contributed by atoms with Crippen molar-refractivity contribution >= 4 is 17.5 Å². The Hall–Kier alpha value is -3.41. The molecule has 6 nitrogen and oxygen atoms in total. The monoisotopic (exact) mass is 578 g/mol. The Balaban J connectivity index is 1.74. The van der Waals surface area contributed by atoms with E-state index in [4.69, 9.17) is 14.2 Å². The van der Waals surface area contributed by atoms with Crippen LogP contribution in [-0.4, -0.2) is 38.4 Å². The number of unbranched alkanes of at least 4 members (excludes halogenated alkanes) is 12. The molecule has 0 amide bonds. The molecule has 0 aliphatic carbocycles. The maximum Gasteiger partial charge on any atom is 0.342 e. The minimum atomic E-state index is -0.658. The van der Waals surface area contributed by atoms with Gasteiger partial charge < -0.3 is 14.2 Å². The molecule has 0 heterocycles. The number of hydrogen-bond donors (Lipinski definition) is 0. The Bertz CT molecular complexity index is 1110. The van der Waals surface area contributed by atoms with E-state index < -0.39 is 11.8 Å². The van der Waals surface area contributed by atoms with Crippen LogP contribution in [0.15, 0.2) is 54.6 Å². The van der Waals surface area contributed by atoms with Gasteiger partial charge in [0.15, 0.2) is 23.1 Å². The third kappa shape index (κ3) is 12.6. The molecule has 0 bridgehead atoms. The van der Waals surface area contributed by atoms with Crippen LogP contribution in [0.25, 0.3) is 0 Å². The van der Waals surface area contributed by atoms with Crippen molar-refractivity contribution in [1.82, 2.24) is 0 Å². The molecular weight excluding hydrogens is 528 g/mol. The van der Waals surface area contributed by atoms with Crippen molar-refractivity contribution in [3.63, 3.8) is 0 Å². The Morgan fingerprint density at radius 1 is 0.667 bits per heavy atom. The van der Waals surface area contributed by atoms with Crippen LogP contribution in [-0.2, 0) is 4.74 Å². The summed E-state index contributed by atoms with van der Waals surface area (Å²) in [4.78, 5) is 38.9. The van der Waals surface area contributed by atoms with Crippen LogP contribution in [0, 0.1) is 0 Å². The minimum Gasteiger partial charge on any atom is -0.493 e. The van der Waals surface area contributed by atoms with E-state index >= 15 is 0 Å². The second kappa shape index (κ2) is 21.3. The van der Waals surface area contributed by atoms with Gasteiger partial charge in [-0.1, -0.05) is 107 Å². The van der Waals surface area contributed by atoms with Gasteiger partial charge in [0.2, 0.25) is 0 Å². The quantitative estimate of drug-likeness (QED) is 0.0430. The molecule has 0 atom stereocenters. The summed E-state index contributed by atoms with van der Waals surface area (Å²) in [7, 11) is 2.86. The number of carbonyl (C=O) groups is 3. The van der Waals surface area contributed by atoms with Crippen molar-refractivity contribution in [2.24, 2.45) is 0 Å². The molecule has 0 aliphatic heterocycles.